The third-order valence-electron chi connectivity index (χ3n) is 3.11. The van der Waals surface area contributed by atoms with Crippen molar-refractivity contribution in [3.8, 4) is 5.75 Å². The summed E-state index contributed by atoms with van der Waals surface area (Å²) in [5, 5.41) is 6.21. The highest BCUT2D eigenvalue weighted by molar-refractivity contribution is 5.73. The predicted molar refractivity (Wildman–Crippen MR) is 85.7 cm³/mol. The van der Waals surface area contributed by atoms with Crippen LogP contribution in [0.3, 0.4) is 0 Å². The first-order chi connectivity index (χ1) is 10.0. The molecule has 2 amide bonds. The number of carbonyl (C=O) groups excluding carboxylic acids is 1. The summed E-state index contributed by atoms with van der Waals surface area (Å²) in [6.07, 6.45) is 1.01. The number of amides is 2. The molecule has 0 heterocycles. The number of nitrogens with one attached hydrogen (secondary N) is 2. The average Bonchev–Trinajstić information content (AvgIpc) is 2.49. The lowest BCUT2D eigenvalue weighted by molar-refractivity contribution is 0.217. The molecule has 2 N–H and O–H groups in total. The van der Waals surface area contributed by atoms with Gasteiger partial charge in [0.25, 0.3) is 0 Å². The summed E-state index contributed by atoms with van der Waals surface area (Å²) in [5.74, 6) is 0.908. The van der Waals surface area contributed by atoms with Crippen LogP contribution in [-0.2, 0) is 0 Å². The maximum absolute atomic E-state index is 11.4. The van der Waals surface area contributed by atoms with Gasteiger partial charge in [0, 0.05) is 33.2 Å². The molecular formula is C16H27N3O2. The molecule has 0 aliphatic heterocycles. The van der Waals surface area contributed by atoms with Crippen molar-refractivity contribution in [2.45, 2.75) is 26.3 Å². The summed E-state index contributed by atoms with van der Waals surface area (Å²) in [5.41, 5.74) is 1.21. The summed E-state index contributed by atoms with van der Waals surface area (Å²) < 4.78 is 5.56. The smallest absolute Gasteiger partial charge is 0.316 e. The fourth-order valence-corrected chi connectivity index (χ4v) is 1.81. The first-order valence-corrected chi connectivity index (χ1v) is 7.46. The van der Waals surface area contributed by atoms with Crippen molar-refractivity contribution in [1.29, 1.82) is 0 Å². The fraction of sp³-hybridized carbons (Fsp3) is 0.562. The number of hydrogen-bond donors (Lipinski definition) is 2. The van der Waals surface area contributed by atoms with E-state index in [-0.39, 0.29) is 12.1 Å². The van der Waals surface area contributed by atoms with Crippen molar-refractivity contribution in [1.82, 2.24) is 15.5 Å². The Morgan fingerprint density at radius 3 is 2.48 bits per heavy atom. The minimum Gasteiger partial charge on any atom is -0.494 e. The van der Waals surface area contributed by atoms with E-state index in [4.69, 9.17) is 4.74 Å². The Bertz CT molecular complexity index is 418. The zero-order chi connectivity index (χ0) is 15.7. The number of nitrogens with zero attached hydrogens (tertiary/aromatic N) is 1. The van der Waals surface area contributed by atoms with Crippen molar-refractivity contribution in [3.05, 3.63) is 29.8 Å². The van der Waals surface area contributed by atoms with E-state index in [1.165, 1.54) is 10.5 Å². The van der Waals surface area contributed by atoms with E-state index in [9.17, 15) is 4.79 Å². The van der Waals surface area contributed by atoms with Crippen LogP contribution in [0.2, 0.25) is 0 Å². The van der Waals surface area contributed by atoms with Gasteiger partial charge < -0.3 is 20.3 Å². The largest absolute Gasteiger partial charge is 0.494 e. The number of benzene rings is 1. The molecule has 0 saturated carbocycles. The standard InChI is InChI=1S/C16H27N3O2/c1-5-12-21-15-8-6-14(7-9-15)13(2)17-10-11-18-16(20)19(3)4/h6-9,13,17H,5,10-12H2,1-4H3,(H,18,20). The zero-order valence-corrected chi connectivity index (χ0v) is 13.5. The third-order valence-corrected chi connectivity index (χ3v) is 3.11. The van der Waals surface area contributed by atoms with Crippen LogP contribution in [-0.4, -0.2) is 44.7 Å². The van der Waals surface area contributed by atoms with Gasteiger partial charge in [-0.2, -0.15) is 0 Å². The number of urea groups is 1. The predicted octanol–water partition coefficient (Wildman–Crippen LogP) is 2.40. The van der Waals surface area contributed by atoms with Gasteiger partial charge in [-0.05, 0) is 31.0 Å². The quantitative estimate of drug-likeness (QED) is 0.724. The second-order valence-electron chi connectivity index (χ2n) is 5.22. The van der Waals surface area contributed by atoms with Crippen molar-refractivity contribution in [3.63, 3.8) is 0 Å². The van der Waals surface area contributed by atoms with Crippen LogP contribution >= 0.6 is 0 Å². The molecule has 1 unspecified atom stereocenters. The van der Waals surface area contributed by atoms with E-state index >= 15 is 0 Å². The molecule has 0 bridgehead atoms. The van der Waals surface area contributed by atoms with E-state index in [0.29, 0.717) is 6.54 Å². The molecule has 5 nitrogen and oxygen atoms in total. The molecule has 0 saturated heterocycles. The van der Waals surface area contributed by atoms with Crippen molar-refractivity contribution in [2.24, 2.45) is 0 Å². The van der Waals surface area contributed by atoms with Crippen molar-refractivity contribution >= 4 is 6.03 Å². The molecule has 1 aromatic rings. The van der Waals surface area contributed by atoms with E-state index in [0.717, 1.165) is 25.3 Å². The highest BCUT2D eigenvalue weighted by atomic mass is 16.5. The average molecular weight is 293 g/mol. The van der Waals surface area contributed by atoms with Gasteiger partial charge in [-0.1, -0.05) is 19.1 Å². The Balaban J connectivity index is 2.31. The van der Waals surface area contributed by atoms with Gasteiger partial charge >= 0.3 is 6.03 Å². The maximum Gasteiger partial charge on any atom is 0.316 e. The number of hydrogen-bond acceptors (Lipinski definition) is 3. The lowest BCUT2D eigenvalue weighted by Gasteiger charge is -2.16. The first kappa shape index (κ1) is 17.3. The Kier molecular flexibility index (Phi) is 7.61. The topological polar surface area (TPSA) is 53.6 Å². The summed E-state index contributed by atoms with van der Waals surface area (Å²) in [4.78, 5) is 12.9. The van der Waals surface area contributed by atoms with Crippen LogP contribution in [0.15, 0.2) is 24.3 Å². The molecule has 1 atom stereocenters. The Hall–Kier alpha value is -1.75. The minimum absolute atomic E-state index is 0.0677. The molecule has 0 aromatic heterocycles. The van der Waals surface area contributed by atoms with Gasteiger partial charge in [-0.25, -0.2) is 4.79 Å². The van der Waals surface area contributed by atoms with Crippen molar-refractivity contribution in [2.75, 3.05) is 33.8 Å². The van der Waals surface area contributed by atoms with Gasteiger partial charge in [0.15, 0.2) is 0 Å². The van der Waals surface area contributed by atoms with Crippen LogP contribution in [0, 0.1) is 0 Å². The van der Waals surface area contributed by atoms with Gasteiger partial charge in [-0.15, -0.1) is 0 Å². The molecule has 5 heteroatoms. The van der Waals surface area contributed by atoms with Gasteiger partial charge in [0.1, 0.15) is 5.75 Å². The molecule has 0 spiro atoms. The molecule has 0 radical (unpaired) electrons. The van der Waals surface area contributed by atoms with E-state index in [2.05, 4.69) is 36.6 Å². The normalized spacial score (nSPS) is 11.8. The molecule has 0 aliphatic carbocycles. The molecule has 0 fully saturated rings. The molecule has 118 valence electrons. The summed E-state index contributed by atoms with van der Waals surface area (Å²) in [7, 11) is 3.46. The molecule has 1 aromatic carbocycles. The third kappa shape index (κ3) is 6.49. The maximum atomic E-state index is 11.4. The van der Waals surface area contributed by atoms with Crippen LogP contribution in [0.1, 0.15) is 31.9 Å². The molecule has 0 aliphatic rings. The zero-order valence-electron chi connectivity index (χ0n) is 13.5. The van der Waals surface area contributed by atoms with E-state index in [1.54, 1.807) is 14.1 Å². The summed E-state index contributed by atoms with van der Waals surface area (Å²) >= 11 is 0. The summed E-state index contributed by atoms with van der Waals surface area (Å²) in [6.45, 7) is 6.29. The first-order valence-electron chi connectivity index (χ1n) is 7.46. The summed E-state index contributed by atoms with van der Waals surface area (Å²) in [6, 6.07) is 8.30. The van der Waals surface area contributed by atoms with Crippen LogP contribution in [0.4, 0.5) is 4.79 Å². The van der Waals surface area contributed by atoms with Crippen molar-refractivity contribution < 1.29 is 9.53 Å². The SMILES string of the molecule is CCCOc1ccc(C(C)NCCNC(=O)N(C)C)cc1. The minimum atomic E-state index is -0.0677. The Morgan fingerprint density at radius 2 is 1.90 bits per heavy atom. The number of carbonyl (C=O) groups is 1. The van der Waals surface area contributed by atoms with Crippen LogP contribution in [0.5, 0.6) is 5.75 Å². The van der Waals surface area contributed by atoms with Crippen LogP contribution in [0.25, 0.3) is 0 Å². The number of rotatable bonds is 8. The molecule has 21 heavy (non-hydrogen) atoms. The lowest BCUT2D eigenvalue weighted by atomic mass is 10.1. The number of ether oxygens (including phenoxy) is 1. The van der Waals surface area contributed by atoms with Gasteiger partial charge in [0.2, 0.25) is 0 Å². The highest BCUT2D eigenvalue weighted by Gasteiger charge is 2.06. The highest BCUT2D eigenvalue weighted by Crippen LogP contribution is 2.17. The lowest BCUT2D eigenvalue weighted by Crippen LogP contribution is -2.38. The second kappa shape index (κ2) is 9.23. The van der Waals surface area contributed by atoms with Crippen LogP contribution < -0.4 is 15.4 Å². The monoisotopic (exact) mass is 293 g/mol. The second-order valence-corrected chi connectivity index (χ2v) is 5.22. The molecular weight excluding hydrogens is 266 g/mol. The Labute approximate surface area is 127 Å². The molecule has 1 rings (SSSR count). The van der Waals surface area contributed by atoms with Gasteiger partial charge in [0.05, 0.1) is 6.61 Å². The van der Waals surface area contributed by atoms with E-state index < -0.39 is 0 Å². The Morgan fingerprint density at radius 1 is 1.24 bits per heavy atom. The van der Waals surface area contributed by atoms with Gasteiger partial charge in [-0.3, -0.25) is 0 Å². The fourth-order valence-electron chi connectivity index (χ4n) is 1.81. The van der Waals surface area contributed by atoms with E-state index in [1.807, 2.05) is 12.1 Å².